The number of benzene rings is 1. The first-order valence-corrected chi connectivity index (χ1v) is 6.54. The van der Waals surface area contributed by atoms with Crippen molar-refractivity contribution in [2.45, 2.75) is 26.2 Å². The normalized spacial score (nSPS) is 15.4. The Bertz CT molecular complexity index is 622. The number of carbonyl (C=O) groups is 1. The maximum atomic E-state index is 11.2. The van der Waals surface area contributed by atoms with Crippen LogP contribution in [0.4, 0.5) is 0 Å². The van der Waals surface area contributed by atoms with E-state index in [4.69, 9.17) is 9.15 Å². The van der Waals surface area contributed by atoms with Gasteiger partial charge in [0.2, 0.25) is 0 Å². The van der Waals surface area contributed by atoms with Crippen LogP contribution in [0.5, 0.6) is 5.75 Å². The highest BCUT2D eigenvalue weighted by Crippen LogP contribution is 2.31. The summed E-state index contributed by atoms with van der Waals surface area (Å²) in [7, 11) is 0. The molecule has 0 atom stereocenters. The third-order valence-corrected chi connectivity index (χ3v) is 3.76. The van der Waals surface area contributed by atoms with Crippen LogP contribution in [0, 0.1) is 12.8 Å². The second kappa shape index (κ2) is 4.61. The first kappa shape index (κ1) is 12.1. The molecule has 0 spiro atoms. The molecule has 19 heavy (non-hydrogen) atoms. The van der Waals surface area contributed by atoms with Gasteiger partial charge in [0.05, 0.1) is 6.61 Å². The Hall–Kier alpha value is -1.97. The predicted molar refractivity (Wildman–Crippen MR) is 70.7 cm³/mol. The van der Waals surface area contributed by atoms with Crippen molar-refractivity contribution in [2.24, 2.45) is 5.92 Å². The number of rotatable bonds is 4. The number of aryl methyl sites for hydroxylation is 1. The molecule has 0 unspecified atom stereocenters. The highest BCUT2D eigenvalue weighted by atomic mass is 16.5. The summed E-state index contributed by atoms with van der Waals surface area (Å²) in [6, 6.07) is 5.36. The summed E-state index contributed by atoms with van der Waals surface area (Å²) in [5, 5.41) is 9.82. The second-order valence-electron chi connectivity index (χ2n) is 5.10. The number of fused-ring (bicyclic) bond motifs is 1. The lowest BCUT2D eigenvalue weighted by atomic mass is 9.86. The molecule has 1 aromatic carbocycles. The van der Waals surface area contributed by atoms with Crippen LogP contribution in [0.2, 0.25) is 0 Å². The van der Waals surface area contributed by atoms with Gasteiger partial charge < -0.3 is 14.3 Å². The standard InChI is InChI=1S/C15H16O4/c1-9-14(15(16)17)12-7-11(5-6-13(12)19-9)18-8-10-3-2-4-10/h5-7,10H,2-4,8H2,1H3,(H,16,17). The summed E-state index contributed by atoms with van der Waals surface area (Å²) in [5.74, 6) is 0.828. The minimum atomic E-state index is -0.965. The molecule has 0 saturated heterocycles. The molecule has 2 aromatic rings. The minimum Gasteiger partial charge on any atom is -0.493 e. The van der Waals surface area contributed by atoms with Crippen LogP contribution in [0.3, 0.4) is 0 Å². The zero-order valence-corrected chi connectivity index (χ0v) is 10.8. The summed E-state index contributed by atoms with van der Waals surface area (Å²) >= 11 is 0. The van der Waals surface area contributed by atoms with E-state index in [1.165, 1.54) is 19.3 Å². The maximum Gasteiger partial charge on any atom is 0.339 e. The first-order chi connectivity index (χ1) is 9.15. The third kappa shape index (κ3) is 2.18. The van der Waals surface area contributed by atoms with Crippen molar-refractivity contribution in [1.82, 2.24) is 0 Å². The van der Waals surface area contributed by atoms with E-state index in [0.29, 0.717) is 35.0 Å². The highest BCUT2D eigenvalue weighted by Gasteiger charge is 2.20. The van der Waals surface area contributed by atoms with Gasteiger partial charge >= 0.3 is 5.97 Å². The molecule has 1 aliphatic carbocycles. The van der Waals surface area contributed by atoms with E-state index < -0.39 is 5.97 Å². The monoisotopic (exact) mass is 260 g/mol. The number of hydrogen-bond acceptors (Lipinski definition) is 3. The number of carboxylic acids is 1. The number of hydrogen-bond donors (Lipinski definition) is 1. The van der Waals surface area contributed by atoms with Gasteiger partial charge in [-0.2, -0.15) is 0 Å². The van der Waals surface area contributed by atoms with Crippen LogP contribution in [0.25, 0.3) is 11.0 Å². The van der Waals surface area contributed by atoms with Crippen molar-refractivity contribution >= 4 is 16.9 Å². The van der Waals surface area contributed by atoms with E-state index in [1.807, 2.05) is 6.07 Å². The molecule has 1 heterocycles. The molecular weight excluding hydrogens is 244 g/mol. The van der Waals surface area contributed by atoms with Crippen LogP contribution in [-0.2, 0) is 0 Å². The van der Waals surface area contributed by atoms with Gasteiger partial charge in [-0.1, -0.05) is 6.42 Å². The van der Waals surface area contributed by atoms with E-state index in [2.05, 4.69) is 0 Å². The zero-order valence-electron chi connectivity index (χ0n) is 10.8. The average Bonchev–Trinajstić information content (AvgIpc) is 2.62. The first-order valence-electron chi connectivity index (χ1n) is 6.54. The van der Waals surface area contributed by atoms with E-state index in [0.717, 1.165) is 0 Å². The molecule has 0 radical (unpaired) electrons. The summed E-state index contributed by atoms with van der Waals surface area (Å²) in [4.78, 5) is 11.2. The zero-order chi connectivity index (χ0) is 13.4. The molecule has 1 fully saturated rings. The van der Waals surface area contributed by atoms with E-state index >= 15 is 0 Å². The Balaban J connectivity index is 1.89. The van der Waals surface area contributed by atoms with Crippen LogP contribution in [0.15, 0.2) is 22.6 Å². The van der Waals surface area contributed by atoms with Crippen molar-refractivity contribution in [1.29, 1.82) is 0 Å². The van der Waals surface area contributed by atoms with Gasteiger partial charge in [0.15, 0.2) is 0 Å². The molecule has 1 aromatic heterocycles. The average molecular weight is 260 g/mol. The second-order valence-corrected chi connectivity index (χ2v) is 5.10. The smallest absolute Gasteiger partial charge is 0.339 e. The Labute approximate surface area is 111 Å². The van der Waals surface area contributed by atoms with Crippen molar-refractivity contribution in [2.75, 3.05) is 6.61 Å². The van der Waals surface area contributed by atoms with E-state index in [9.17, 15) is 9.90 Å². The maximum absolute atomic E-state index is 11.2. The molecule has 4 nitrogen and oxygen atoms in total. The molecule has 0 amide bonds. The molecule has 4 heteroatoms. The predicted octanol–water partition coefficient (Wildman–Crippen LogP) is 3.62. The van der Waals surface area contributed by atoms with Crippen molar-refractivity contribution in [3.05, 3.63) is 29.5 Å². The summed E-state index contributed by atoms with van der Waals surface area (Å²) in [5.41, 5.74) is 0.815. The number of carboxylic acid groups (broad SMARTS) is 1. The van der Waals surface area contributed by atoms with Gasteiger partial charge in [-0.3, -0.25) is 0 Å². The van der Waals surface area contributed by atoms with Crippen molar-refractivity contribution < 1.29 is 19.1 Å². The Morgan fingerprint density at radius 3 is 2.89 bits per heavy atom. The fraction of sp³-hybridized carbons (Fsp3) is 0.400. The Morgan fingerprint density at radius 2 is 2.26 bits per heavy atom. The molecule has 0 aliphatic heterocycles. The SMILES string of the molecule is Cc1oc2ccc(OCC3CCC3)cc2c1C(=O)O. The quantitative estimate of drug-likeness (QED) is 0.912. The highest BCUT2D eigenvalue weighted by molar-refractivity contribution is 6.03. The summed E-state index contributed by atoms with van der Waals surface area (Å²) < 4.78 is 11.2. The van der Waals surface area contributed by atoms with Gasteiger partial charge in [0, 0.05) is 5.39 Å². The number of aromatic carboxylic acids is 1. The fourth-order valence-corrected chi connectivity index (χ4v) is 2.43. The lowest BCUT2D eigenvalue weighted by Crippen LogP contribution is -2.19. The van der Waals surface area contributed by atoms with Crippen molar-refractivity contribution in [3.8, 4) is 5.75 Å². The number of ether oxygens (including phenoxy) is 1. The van der Waals surface area contributed by atoms with Crippen LogP contribution >= 0.6 is 0 Å². The molecule has 3 rings (SSSR count). The van der Waals surface area contributed by atoms with Crippen molar-refractivity contribution in [3.63, 3.8) is 0 Å². The third-order valence-electron chi connectivity index (χ3n) is 3.76. The molecular formula is C15H16O4. The van der Waals surface area contributed by atoms with Crippen LogP contribution in [-0.4, -0.2) is 17.7 Å². The molecule has 0 bridgehead atoms. The number of furan rings is 1. The lowest BCUT2D eigenvalue weighted by Gasteiger charge is -2.25. The van der Waals surface area contributed by atoms with E-state index in [-0.39, 0.29) is 5.56 Å². The molecule has 1 N–H and O–H groups in total. The Kier molecular flexibility index (Phi) is 2.93. The van der Waals surface area contributed by atoms with Gasteiger partial charge in [-0.05, 0) is 43.9 Å². The van der Waals surface area contributed by atoms with Crippen LogP contribution < -0.4 is 4.74 Å². The van der Waals surface area contributed by atoms with Crippen LogP contribution in [0.1, 0.15) is 35.4 Å². The van der Waals surface area contributed by atoms with Gasteiger partial charge in [0.1, 0.15) is 22.7 Å². The molecule has 100 valence electrons. The van der Waals surface area contributed by atoms with Gasteiger partial charge in [-0.25, -0.2) is 4.79 Å². The summed E-state index contributed by atoms with van der Waals surface area (Å²) in [6.45, 7) is 2.38. The molecule has 1 aliphatic rings. The molecule has 1 saturated carbocycles. The van der Waals surface area contributed by atoms with Gasteiger partial charge in [-0.15, -0.1) is 0 Å². The lowest BCUT2D eigenvalue weighted by molar-refractivity contribution is 0.0697. The van der Waals surface area contributed by atoms with E-state index in [1.54, 1.807) is 19.1 Å². The largest absolute Gasteiger partial charge is 0.493 e. The minimum absolute atomic E-state index is 0.226. The Morgan fingerprint density at radius 1 is 1.47 bits per heavy atom. The van der Waals surface area contributed by atoms with Gasteiger partial charge in [0.25, 0.3) is 0 Å². The fourth-order valence-electron chi connectivity index (χ4n) is 2.43. The topological polar surface area (TPSA) is 59.7 Å². The summed E-state index contributed by atoms with van der Waals surface area (Å²) in [6.07, 6.45) is 3.75.